The second kappa shape index (κ2) is 4.73. The molecule has 0 atom stereocenters. The first-order valence-corrected chi connectivity index (χ1v) is 6.55. The Kier molecular flexibility index (Phi) is 3.01. The normalized spacial score (nSPS) is 11.2. The van der Waals surface area contributed by atoms with Crippen molar-refractivity contribution in [2.24, 2.45) is 0 Å². The first kappa shape index (κ1) is 13.4. The van der Waals surface area contributed by atoms with E-state index in [9.17, 15) is 9.18 Å². The predicted octanol–water partition coefficient (Wildman–Crippen LogP) is 2.47. The van der Waals surface area contributed by atoms with E-state index in [4.69, 9.17) is 0 Å². The maximum Gasteiger partial charge on any atom is 0.261 e. The lowest BCUT2D eigenvalue weighted by atomic mass is 10.1. The first-order chi connectivity index (χ1) is 10.0. The minimum absolute atomic E-state index is 0.272. The molecular formula is C15H15FN4O. The number of halogens is 1. The van der Waals surface area contributed by atoms with Gasteiger partial charge in [-0.2, -0.15) is 0 Å². The molecule has 0 bridgehead atoms. The number of fused-ring (bicyclic) bond motifs is 3. The monoisotopic (exact) mass is 286 g/mol. The van der Waals surface area contributed by atoms with Crippen molar-refractivity contribution in [1.29, 1.82) is 0 Å². The SMILES string of the molecule is C=CCN(C)c1cc(F)cc2c1[nH]c1nc(C)[nH]c(=O)c12. The number of aromatic amines is 2. The number of aromatic nitrogens is 3. The van der Waals surface area contributed by atoms with Gasteiger partial charge in [0.2, 0.25) is 0 Å². The van der Waals surface area contributed by atoms with Crippen LogP contribution >= 0.6 is 0 Å². The predicted molar refractivity (Wildman–Crippen MR) is 82.4 cm³/mol. The van der Waals surface area contributed by atoms with Crippen molar-refractivity contribution in [3.05, 3.63) is 46.8 Å². The Morgan fingerprint density at radius 3 is 2.90 bits per heavy atom. The third kappa shape index (κ3) is 2.08. The van der Waals surface area contributed by atoms with Crippen LogP contribution in [-0.4, -0.2) is 28.5 Å². The van der Waals surface area contributed by atoms with Gasteiger partial charge in [0.05, 0.1) is 16.6 Å². The van der Waals surface area contributed by atoms with Gasteiger partial charge in [-0.1, -0.05) is 6.08 Å². The summed E-state index contributed by atoms with van der Waals surface area (Å²) in [4.78, 5) is 24.0. The van der Waals surface area contributed by atoms with Crippen LogP contribution in [-0.2, 0) is 0 Å². The third-order valence-corrected chi connectivity index (χ3v) is 3.45. The molecule has 21 heavy (non-hydrogen) atoms. The van der Waals surface area contributed by atoms with E-state index < -0.39 is 5.82 Å². The second-order valence-electron chi connectivity index (χ2n) is 5.02. The van der Waals surface area contributed by atoms with Crippen molar-refractivity contribution in [3.8, 4) is 0 Å². The Morgan fingerprint density at radius 2 is 2.19 bits per heavy atom. The van der Waals surface area contributed by atoms with Crippen LogP contribution in [0.1, 0.15) is 5.82 Å². The van der Waals surface area contributed by atoms with E-state index in [0.29, 0.717) is 40.0 Å². The molecule has 2 heterocycles. The molecule has 0 radical (unpaired) electrons. The molecule has 1 aromatic carbocycles. The maximum atomic E-state index is 13.9. The smallest absolute Gasteiger partial charge is 0.261 e. The van der Waals surface area contributed by atoms with E-state index in [1.807, 2.05) is 11.9 Å². The number of likely N-dealkylation sites (N-methyl/N-ethyl adjacent to an activating group) is 1. The Bertz CT molecular complexity index is 909. The van der Waals surface area contributed by atoms with Crippen LogP contribution in [0.2, 0.25) is 0 Å². The summed E-state index contributed by atoms with van der Waals surface area (Å²) in [7, 11) is 1.84. The summed E-state index contributed by atoms with van der Waals surface area (Å²) in [5, 5.41) is 0.910. The summed E-state index contributed by atoms with van der Waals surface area (Å²) < 4.78 is 13.9. The molecule has 0 aliphatic heterocycles. The van der Waals surface area contributed by atoms with Gasteiger partial charge in [-0.3, -0.25) is 4.79 Å². The van der Waals surface area contributed by atoms with Gasteiger partial charge in [-0.25, -0.2) is 9.37 Å². The van der Waals surface area contributed by atoms with Crippen LogP contribution < -0.4 is 10.5 Å². The van der Waals surface area contributed by atoms with Gasteiger partial charge in [0.1, 0.15) is 17.3 Å². The number of nitrogens with zero attached hydrogens (tertiary/aromatic N) is 2. The van der Waals surface area contributed by atoms with Crippen LogP contribution in [0.4, 0.5) is 10.1 Å². The molecule has 2 aromatic heterocycles. The number of aryl methyl sites for hydroxylation is 1. The molecule has 108 valence electrons. The van der Waals surface area contributed by atoms with Gasteiger partial charge in [0.15, 0.2) is 0 Å². The molecule has 3 aromatic rings. The maximum absolute atomic E-state index is 13.9. The van der Waals surface area contributed by atoms with Gasteiger partial charge in [0, 0.05) is 19.0 Å². The average Bonchev–Trinajstić information content (AvgIpc) is 2.75. The quantitative estimate of drug-likeness (QED) is 0.727. The minimum Gasteiger partial charge on any atom is -0.369 e. The zero-order chi connectivity index (χ0) is 15.1. The fraction of sp³-hybridized carbons (Fsp3) is 0.200. The summed E-state index contributed by atoms with van der Waals surface area (Å²) in [5.41, 5.74) is 1.55. The van der Waals surface area contributed by atoms with Crippen LogP contribution in [0.5, 0.6) is 0 Å². The van der Waals surface area contributed by atoms with Crippen LogP contribution in [0, 0.1) is 12.7 Å². The molecule has 0 aliphatic rings. The Balaban J connectivity index is 2.43. The molecule has 0 aliphatic carbocycles. The summed E-state index contributed by atoms with van der Waals surface area (Å²) in [6.07, 6.45) is 1.73. The van der Waals surface area contributed by atoms with E-state index in [0.717, 1.165) is 0 Å². The molecule has 2 N–H and O–H groups in total. The largest absolute Gasteiger partial charge is 0.369 e. The number of anilines is 1. The van der Waals surface area contributed by atoms with Crippen molar-refractivity contribution in [1.82, 2.24) is 15.0 Å². The average molecular weight is 286 g/mol. The summed E-state index contributed by atoms with van der Waals surface area (Å²) in [6, 6.07) is 2.79. The van der Waals surface area contributed by atoms with E-state index in [2.05, 4.69) is 21.5 Å². The molecule has 0 saturated carbocycles. The van der Waals surface area contributed by atoms with Gasteiger partial charge in [-0.15, -0.1) is 6.58 Å². The van der Waals surface area contributed by atoms with E-state index in [-0.39, 0.29) is 5.56 Å². The van der Waals surface area contributed by atoms with Crippen molar-refractivity contribution < 1.29 is 4.39 Å². The lowest BCUT2D eigenvalue weighted by molar-refractivity contribution is 0.629. The molecule has 0 spiro atoms. The number of nitrogens with one attached hydrogen (secondary N) is 2. The standard InChI is InChI=1S/C15H15FN4O/c1-4-5-20(3)11-7-9(16)6-10-12-14(19-13(10)11)17-8(2)18-15(12)21/h4,6-7H,1,5H2,2-3H3,(H2,17,18,19,21). The molecule has 0 fully saturated rings. The zero-order valence-corrected chi connectivity index (χ0v) is 11.8. The topological polar surface area (TPSA) is 64.8 Å². The number of rotatable bonds is 3. The van der Waals surface area contributed by atoms with Crippen LogP contribution in [0.25, 0.3) is 21.9 Å². The highest BCUT2D eigenvalue weighted by molar-refractivity contribution is 6.09. The third-order valence-electron chi connectivity index (χ3n) is 3.45. The van der Waals surface area contributed by atoms with E-state index in [1.54, 1.807) is 13.0 Å². The van der Waals surface area contributed by atoms with Gasteiger partial charge in [0.25, 0.3) is 5.56 Å². The van der Waals surface area contributed by atoms with Crippen LogP contribution in [0.3, 0.4) is 0 Å². The van der Waals surface area contributed by atoms with Crippen molar-refractivity contribution in [3.63, 3.8) is 0 Å². The number of benzene rings is 1. The van der Waals surface area contributed by atoms with Crippen molar-refractivity contribution in [2.75, 3.05) is 18.5 Å². The van der Waals surface area contributed by atoms with Crippen molar-refractivity contribution >= 4 is 27.6 Å². The summed E-state index contributed by atoms with van der Waals surface area (Å²) in [5.74, 6) is 0.120. The zero-order valence-electron chi connectivity index (χ0n) is 11.8. The molecule has 5 nitrogen and oxygen atoms in total. The van der Waals surface area contributed by atoms with Gasteiger partial charge < -0.3 is 14.9 Å². The molecule has 0 amide bonds. The number of hydrogen-bond acceptors (Lipinski definition) is 3. The molecule has 3 rings (SSSR count). The Labute approximate surface area is 120 Å². The van der Waals surface area contributed by atoms with Crippen molar-refractivity contribution in [2.45, 2.75) is 6.92 Å². The Morgan fingerprint density at radius 1 is 1.43 bits per heavy atom. The van der Waals surface area contributed by atoms with E-state index in [1.165, 1.54) is 12.1 Å². The second-order valence-corrected chi connectivity index (χ2v) is 5.02. The van der Waals surface area contributed by atoms with Crippen LogP contribution in [0.15, 0.2) is 29.6 Å². The highest BCUT2D eigenvalue weighted by Crippen LogP contribution is 2.30. The minimum atomic E-state index is -0.394. The lowest BCUT2D eigenvalue weighted by Crippen LogP contribution is -2.17. The van der Waals surface area contributed by atoms with Gasteiger partial charge in [-0.05, 0) is 19.1 Å². The fourth-order valence-corrected chi connectivity index (χ4v) is 2.56. The molecule has 0 saturated heterocycles. The number of H-pyrrole nitrogens is 2. The summed E-state index contributed by atoms with van der Waals surface area (Å²) >= 11 is 0. The lowest BCUT2D eigenvalue weighted by Gasteiger charge is -2.18. The molecule has 0 unspecified atom stereocenters. The fourth-order valence-electron chi connectivity index (χ4n) is 2.56. The number of hydrogen-bond donors (Lipinski definition) is 2. The van der Waals surface area contributed by atoms with Gasteiger partial charge >= 0.3 is 0 Å². The van der Waals surface area contributed by atoms with E-state index >= 15 is 0 Å². The molecular weight excluding hydrogens is 271 g/mol. The highest BCUT2D eigenvalue weighted by Gasteiger charge is 2.16. The molecule has 6 heteroatoms. The summed E-state index contributed by atoms with van der Waals surface area (Å²) in [6.45, 7) is 5.96. The Hall–Kier alpha value is -2.63. The highest BCUT2D eigenvalue weighted by atomic mass is 19.1. The first-order valence-electron chi connectivity index (χ1n) is 6.55.